The Morgan fingerprint density at radius 2 is 1.83 bits per heavy atom. The van der Waals surface area contributed by atoms with Gasteiger partial charge in [0.15, 0.2) is 5.17 Å². The molecule has 2 saturated carbocycles. The number of alkyl carbamates (subject to hydrolysis) is 1. The van der Waals surface area contributed by atoms with Crippen molar-refractivity contribution in [3.05, 3.63) is 0 Å². The smallest absolute Gasteiger partial charge is 0.408 e. The minimum atomic E-state index is -1.05. The van der Waals surface area contributed by atoms with Crippen LogP contribution in [-0.2, 0) is 14.3 Å². The largest absolute Gasteiger partial charge is 0.444 e. The predicted octanol–water partition coefficient (Wildman–Crippen LogP) is 4.08. The minimum absolute atomic E-state index is 0.0607. The van der Waals surface area contributed by atoms with E-state index in [9.17, 15) is 14.4 Å². The molecule has 4 aliphatic rings. The van der Waals surface area contributed by atoms with Gasteiger partial charge in [-0.05, 0) is 97.8 Å². The van der Waals surface area contributed by atoms with E-state index in [2.05, 4.69) is 10.6 Å². The van der Waals surface area contributed by atoms with E-state index >= 15 is 0 Å². The molecule has 2 N–H and O–H groups in total. The van der Waals surface area contributed by atoms with Crippen LogP contribution in [0.25, 0.3) is 0 Å². The number of amides is 3. The Bertz CT molecular complexity index is 890. The SMILES string of the molecule is CC(C)(C)OC(=O)NC(C)(C)C(=O)N1CCC(CC2(C)SC(=N[C@H]3CC4CCC3C4)NC2=O)CC1. The number of amidine groups is 1. The zero-order valence-electron chi connectivity index (χ0n) is 22.1. The highest BCUT2D eigenvalue weighted by Crippen LogP contribution is 2.47. The van der Waals surface area contributed by atoms with E-state index in [4.69, 9.17) is 9.73 Å². The number of fused-ring (bicyclic) bond motifs is 2. The van der Waals surface area contributed by atoms with E-state index in [0.29, 0.717) is 31.0 Å². The summed E-state index contributed by atoms with van der Waals surface area (Å²) in [5.41, 5.74) is -1.67. The fourth-order valence-corrected chi connectivity index (χ4v) is 7.35. The lowest BCUT2D eigenvalue weighted by Crippen LogP contribution is -2.58. The number of carbonyl (C=O) groups is 3. The number of hydrogen-bond donors (Lipinski definition) is 2. The first kappa shape index (κ1) is 26.3. The molecule has 3 unspecified atom stereocenters. The average Bonchev–Trinajstić information content (AvgIpc) is 3.41. The van der Waals surface area contributed by atoms with Gasteiger partial charge in [-0.25, -0.2) is 4.79 Å². The Kier molecular flexibility index (Phi) is 7.21. The molecule has 2 bridgehead atoms. The topological polar surface area (TPSA) is 100 Å². The zero-order chi connectivity index (χ0) is 25.6. The van der Waals surface area contributed by atoms with Crippen molar-refractivity contribution >= 4 is 34.8 Å². The summed E-state index contributed by atoms with van der Waals surface area (Å²) in [4.78, 5) is 45.0. The van der Waals surface area contributed by atoms with Crippen molar-refractivity contribution in [1.82, 2.24) is 15.5 Å². The van der Waals surface area contributed by atoms with Crippen LogP contribution in [0.5, 0.6) is 0 Å². The molecule has 2 heterocycles. The highest BCUT2D eigenvalue weighted by Gasteiger charge is 2.46. The van der Waals surface area contributed by atoms with Crippen LogP contribution < -0.4 is 10.6 Å². The van der Waals surface area contributed by atoms with E-state index in [1.807, 2.05) is 11.8 Å². The van der Waals surface area contributed by atoms with Crippen molar-refractivity contribution in [2.45, 2.75) is 108 Å². The molecule has 2 saturated heterocycles. The molecule has 4 rings (SSSR count). The van der Waals surface area contributed by atoms with Gasteiger partial charge in [0.25, 0.3) is 0 Å². The number of aliphatic imine (C=N–C) groups is 1. The summed E-state index contributed by atoms with van der Waals surface area (Å²) in [6.07, 6.45) is 6.98. The Hall–Kier alpha value is -1.77. The summed E-state index contributed by atoms with van der Waals surface area (Å²) in [5, 5.41) is 6.58. The van der Waals surface area contributed by atoms with Crippen LogP contribution >= 0.6 is 11.8 Å². The second-order valence-electron chi connectivity index (χ2n) is 12.7. The molecule has 4 fully saturated rings. The molecule has 4 atom stereocenters. The van der Waals surface area contributed by atoms with Gasteiger partial charge in [0, 0.05) is 13.1 Å². The van der Waals surface area contributed by atoms with Crippen molar-refractivity contribution < 1.29 is 19.1 Å². The number of likely N-dealkylation sites (tertiary alicyclic amines) is 1. The maximum Gasteiger partial charge on any atom is 0.408 e. The molecule has 9 heteroatoms. The molecule has 196 valence electrons. The lowest BCUT2D eigenvalue weighted by Gasteiger charge is -2.38. The van der Waals surface area contributed by atoms with E-state index in [1.165, 1.54) is 25.7 Å². The monoisotopic (exact) mass is 506 g/mol. The number of carbonyl (C=O) groups excluding carboxylic acids is 3. The van der Waals surface area contributed by atoms with E-state index < -0.39 is 22.0 Å². The van der Waals surface area contributed by atoms with Crippen LogP contribution in [0.1, 0.15) is 86.5 Å². The Morgan fingerprint density at radius 1 is 1.14 bits per heavy atom. The third kappa shape index (κ3) is 6.15. The number of rotatable bonds is 5. The second-order valence-corrected chi connectivity index (χ2v) is 14.1. The van der Waals surface area contributed by atoms with Crippen LogP contribution in [0.15, 0.2) is 4.99 Å². The zero-order valence-corrected chi connectivity index (χ0v) is 22.9. The van der Waals surface area contributed by atoms with Gasteiger partial charge in [0.2, 0.25) is 11.8 Å². The molecular weight excluding hydrogens is 464 g/mol. The number of hydrogen-bond acceptors (Lipinski definition) is 6. The minimum Gasteiger partial charge on any atom is -0.444 e. The van der Waals surface area contributed by atoms with Gasteiger partial charge < -0.3 is 20.3 Å². The van der Waals surface area contributed by atoms with Gasteiger partial charge in [-0.3, -0.25) is 14.6 Å². The van der Waals surface area contributed by atoms with Gasteiger partial charge in [0.05, 0.1) is 10.8 Å². The lowest BCUT2D eigenvalue weighted by atomic mass is 9.86. The molecule has 2 aliphatic carbocycles. The highest BCUT2D eigenvalue weighted by molar-refractivity contribution is 8.16. The molecular formula is C26H42N4O4S. The molecule has 3 amide bonds. The summed E-state index contributed by atoms with van der Waals surface area (Å²) < 4.78 is 4.81. The average molecular weight is 507 g/mol. The predicted molar refractivity (Wildman–Crippen MR) is 138 cm³/mol. The Morgan fingerprint density at radius 3 is 2.40 bits per heavy atom. The molecule has 0 aromatic rings. The summed E-state index contributed by atoms with van der Waals surface area (Å²) >= 11 is 1.60. The summed E-state index contributed by atoms with van der Waals surface area (Å²) in [6.45, 7) is 12.1. The number of ether oxygens (including phenoxy) is 1. The molecule has 2 aliphatic heterocycles. The van der Waals surface area contributed by atoms with Crippen LogP contribution in [0.2, 0.25) is 0 Å². The summed E-state index contributed by atoms with van der Waals surface area (Å²) in [7, 11) is 0. The fraction of sp³-hybridized carbons (Fsp3) is 0.846. The molecule has 0 spiro atoms. The molecule has 0 aromatic heterocycles. The van der Waals surface area contributed by atoms with Crippen LogP contribution in [-0.4, -0.2) is 63.0 Å². The molecule has 35 heavy (non-hydrogen) atoms. The maximum absolute atomic E-state index is 13.1. The summed E-state index contributed by atoms with van der Waals surface area (Å²) in [6, 6.07) is 0.380. The number of thioether (sulfide) groups is 1. The lowest BCUT2D eigenvalue weighted by molar-refractivity contribution is -0.138. The van der Waals surface area contributed by atoms with Gasteiger partial charge in [-0.2, -0.15) is 0 Å². The van der Waals surface area contributed by atoms with Crippen molar-refractivity contribution in [3.8, 4) is 0 Å². The van der Waals surface area contributed by atoms with Crippen molar-refractivity contribution in [2.24, 2.45) is 22.7 Å². The first-order valence-corrected chi connectivity index (χ1v) is 13.9. The van der Waals surface area contributed by atoms with Crippen molar-refractivity contribution in [2.75, 3.05) is 13.1 Å². The van der Waals surface area contributed by atoms with E-state index in [1.54, 1.807) is 46.4 Å². The highest BCUT2D eigenvalue weighted by atomic mass is 32.2. The number of nitrogens with one attached hydrogen (secondary N) is 2. The van der Waals surface area contributed by atoms with Gasteiger partial charge >= 0.3 is 6.09 Å². The maximum atomic E-state index is 13.1. The van der Waals surface area contributed by atoms with Crippen LogP contribution in [0.3, 0.4) is 0 Å². The van der Waals surface area contributed by atoms with Crippen molar-refractivity contribution in [1.29, 1.82) is 0 Å². The summed E-state index contributed by atoms with van der Waals surface area (Å²) in [5.74, 6) is 1.85. The molecule has 0 aromatic carbocycles. The van der Waals surface area contributed by atoms with E-state index in [0.717, 1.165) is 30.3 Å². The van der Waals surface area contributed by atoms with Crippen LogP contribution in [0, 0.1) is 17.8 Å². The quantitative estimate of drug-likeness (QED) is 0.585. The van der Waals surface area contributed by atoms with E-state index in [-0.39, 0.29) is 11.8 Å². The first-order valence-electron chi connectivity index (χ1n) is 13.1. The molecule has 8 nitrogen and oxygen atoms in total. The number of piperidine rings is 1. The standard InChI is InChI=1S/C26H42N4O4S/c1-24(2,3)34-23(33)29-25(4,5)21(32)30-11-9-16(10-12-30)15-26(6)20(31)28-22(35-26)27-19-14-17-7-8-18(19)13-17/h16-19H,7-15H2,1-6H3,(H,29,33)(H,27,28,31)/t17?,18?,19-,26?/m0/s1. The third-order valence-electron chi connectivity index (χ3n) is 7.93. The normalized spacial score (nSPS) is 32.7. The van der Waals surface area contributed by atoms with Crippen LogP contribution in [0.4, 0.5) is 4.79 Å². The second kappa shape index (κ2) is 9.60. The number of nitrogens with zero attached hydrogens (tertiary/aromatic N) is 2. The molecule has 0 radical (unpaired) electrons. The first-order chi connectivity index (χ1) is 16.2. The third-order valence-corrected chi connectivity index (χ3v) is 9.14. The van der Waals surface area contributed by atoms with Gasteiger partial charge in [-0.15, -0.1) is 0 Å². The Labute approximate surface area is 213 Å². The Balaban J connectivity index is 1.27. The van der Waals surface area contributed by atoms with Gasteiger partial charge in [0.1, 0.15) is 11.1 Å². The van der Waals surface area contributed by atoms with Crippen molar-refractivity contribution in [3.63, 3.8) is 0 Å². The fourth-order valence-electron chi connectivity index (χ4n) is 6.13. The van der Waals surface area contributed by atoms with Gasteiger partial charge in [-0.1, -0.05) is 18.2 Å².